The third kappa shape index (κ3) is 7.18. The zero-order chi connectivity index (χ0) is 27.7. The molecule has 5 aromatic rings. The molecular formula is C34H29NO4S. The molecule has 0 aliphatic carbocycles. The number of nitrogens with zero attached hydrogens (tertiary/aromatic N) is 1. The minimum atomic E-state index is 0.229. The van der Waals surface area contributed by atoms with Crippen molar-refractivity contribution in [3.8, 4) is 17.2 Å². The largest absolute Gasteiger partial charge is 0.508 e. The lowest BCUT2D eigenvalue weighted by atomic mass is 10.1. The first-order chi connectivity index (χ1) is 19.6. The highest BCUT2D eigenvalue weighted by Gasteiger charge is 2.13. The second-order valence-electron chi connectivity index (χ2n) is 9.38. The van der Waals surface area contributed by atoms with E-state index in [1.165, 1.54) is 11.3 Å². The number of hydrogen-bond acceptors (Lipinski definition) is 6. The molecule has 200 valence electrons. The van der Waals surface area contributed by atoms with Crippen molar-refractivity contribution in [2.75, 3.05) is 4.90 Å². The zero-order valence-electron chi connectivity index (χ0n) is 21.8. The second-order valence-corrected chi connectivity index (χ2v) is 10.5. The van der Waals surface area contributed by atoms with Crippen LogP contribution in [0.5, 0.6) is 17.2 Å². The number of aldehydes is 1. The maximum atomic E-state index is 11.1. The number of thiophene rings is 1. The molecular weight excluding hydrogens is 518 g/mol. The maximum absolute atomic E-state index is 11.1. The summed E-state index contributed by atoms with van der Waals surface area (Å²) < 4.78 is 6.36. The zero-order valence-corrected chi connectivity index (χ0v) is 22.6. The Morgan fingerprint density at radius 2 is 1.30 bits per heavy atom. The SMILES string of the molecule is O=Cc1ccc(/C=C/c2ccc(N(Cc3ccc(O)cc3)Cc3ccc(O)cc3)cc2OCc2ccccc2)s1. The highest BCUT2D eigenvalue weighted by molar-refractivity contribution is 7.14. The van der Waals surface area contributed by atoms with Gasteiger partial charge in [-0.05, 0) is 77.4 Å². The molecule has 4 aromatic carbocycles. The molecule has 40 heavy (non-hydrogen) atoms. The van der Waals surface area contributed by atoms with E-state index in [0.29, 0.717) is 24.6 Å². The van der Waals surface area contributed by atoms with Crippen molar-refractivity contribution in [1.29, 1.82) is 0 Å². The summed E-state index contributed by atoms with van der Waals surface area (Å²) in [5.74, 6) is 1.20. The van der Waals surface area contributed by atoms with Crippen LogP contribution in [-0.4, -0.2) is 16.5 Å². The summed E-state index contributed by atoms with van der Waals surface area (Å²) in [6, 6.07) is 34.4. The van der Waals surface area contributed by atoms with Crippen LogP contribution in [0.3, 0.4) is 0 Å². The summed E-state index contributed by atoms with van der Waals surface area (Å²) in [7, 11) is 0. The first-order valence-electron chi connectivity index (χ1n) is 12.9. The number of carbonyl (C=O) groups is 1. The quantitative estimate of drug-likeness (QED) is 0.164. The van der Waals surface area contributed by atoms with Gasteiger partial charge in [0.15, 0.2) is 6.29 Å². The molecule has 1 aromatic heterocycles. The first kappa shape index (κ1) is 26.8. The van der Waals surface area contributed by atoms with Gasteiger partial charge in [0, 0.05) is 35.3 Å². The molecule has 0 bridgehead atoms. The molecule has 0 aliphatic rings. The molecule has 0 saturated carbocycles. The average molecular weight is 548 g/mol. The topological polar surface area (TPSA) is 70.0 Å². The number of carbonyl (C=O) groups excluding carboxylic acids is 1. The Morgan fingerprint density at radius 1 is 0.675 bits per heavy atom. The van der Waals surface area contributed by atoms with Gasteiger partial charge < -0.3 is 19.8 Å². The maximum Gasteiger partial charge on any atom is 0.160 e. The van der Waals surface area contributed by atoms with Crippen molar-refractivity contribution in [2.45, 2.75) is 19.7 Å². The molecule has 0 atom stereocenters. The highest BCUT2D eigenvalue weighted by atomic mass is 32.1. The van der Waals surface area contributed by atoms with Gasteiger partial charge in [0.25, 0.3) is 0 Å². The van der Waals surface area contributed by atoms with Crippen LogP contribution in [-0.2, 0) is 19.7 Å². The van der Waals surface area contributed by atoms with Crippen molar-refractivity contribution in [3.05, 3.63) is 141 Å². The fourth-order valence-electron chi connectivity index (χ4n) is 4.29. The monoisotopic (exact) mass is 547 g/mol. The number of hydrogen-bond donors (Lipinski definition) is 2. The van der Waals surface area contributed by atoms with E-state index in [4.69, 9.17) is 4.74 Å². The molecule has 0 aliphatic heterocycles. The van der Waals surface area contributed by atoms with Crippen LogP contribution in [0.15, 0.2) is 109 Å². The van der Waals surface area contributed by atoms with Gasteiger partial charge in [-0.15, -0.1) is 11.3 Å². The van der Waals surface area contributed by atoms with Crippen LogP contribution >= 0.6 is 11.3 Å². The van der Waals surface area contributed by atoms with Crippen LogP contribution in [0.2, 0.25) is 0 Å². The van der Waals surface area contributed by atoms with E-state index in [9.17, 15) is 15.0 Å². The molecule has 5 rings (SSSR count). The Bertz CT molecular complexity index is 1530. The number of phenols is 2. The molecule has 6 heteroatoms. The summed E-state index contributed by atoms with van der Waals surface area (Å²) in [6.07, 6.45) is 4.86. The van der Waals surface area contributed by atoms with Crippen molar-refractivity contribution >= 4 is 35.5 Å². The Hall–Kier alpha value is -4.81. The summed E-state index contributed by atoms with van der Waals surface area (Å²) in [6.45, 7) is 1.64. The van der Waals surface area contributed by atoms with Gasteiger partial charge in [-0.25, -0.2) is 0 Å². The summed E-state index contributed by atoms with van der Waals surface area (Å²) >= 11 is 1.44. The van der Waals surface area contributed by atoms with Crippen LogP contribution in [0.1, 0.15) is 36.8 Å². The number of ether oxygens (including phenoxy) is 1. The number of rotatable bonds is 11. The number of benzene rings is 4. The predicted octanol–water partition coefficient (Wildman–Crippen LogP) is 7.93. The van der Waals surface area contributed by atoms with Crippen molar-refractivity contribution in [1.82, 2.24) is 0 Å². The van der Waals surface area contributed by atoms with E-state index in [-0.39, 0.29) is 11.5 Å². The third-order valence-electron chi connectivity index (χ3n) is 6.41. The Balaban J connectivity index is 1.48. The molecule has 0 amide bonds. The van der Waals surface area contributed by atoms with Crippen LogP contribution in [0.4, 0.5) is 5.69 Å². The lowest BCUT2D eigenvalue weighted by Crippen LogP contribution is -2.22. The molecule has 5 nitrogen and oxygen atoms in total. The standard InChI is InChI=1S/C34H29NO4S/c36-23-33-19-18-32(40-33)17-11-28-10-12-29(20-34(28)39-24-27-4-2-1-3-5-27)35(21-25-6-13-30(37)14-7-25)22-26-8-15-31(38)16-9-26/h1-20,23,37-38H,21-22,24H2/b17-11+. The molecule has 0 fully saturated rings. The molecule has 0 unspecified atom stereocenters. The summed E-state index contributed by atoms with van der Waals surface area (Å²) in [4.78, 5) is 15.0. The average Bonchev–Trinajstić information content (AvgIpc) is 3.46. The van der Waals surface area contributed by atoms with Gasteiger partial charge in [-0.3, -0.25) is 4.79 Å². The van der Waals surface area contributed by atoms with Gasteiger partial charge in [-0.1, -0.05) is 54.6 Å². The Kier molecular flexibility index (Phi) is 8.59. The summed E-state index contributed by atoms with van der Waals surface area (Å²) in [5.41, 5.74) is 5.07. The van der Waals surface area contributed by atoms with Gasteiger partial charge >= 0.3 is 0 Å². The smallest absolute Gasteiger partial charge is 0.160 e. The van der Waals surface area contributed by atoms with E-state index < -0.39 is 0 Å². The lowest BCUT2D eigenvalue weighted by molar-refractivity contribution is 0.112. The Labute approximate surface area is 237 Å². The van der Waals surface area contributed by atoms with E-state index in [1.807, 2.05) is 84.9 Å². The second kappa shape index (κ2) is 12.8. The van der Waals surface area contributed by atoms with Gasteiger partial charge in [-0.2, -0.15) is 0 Å². The van der Waals surface area contributed by atoms with Gasteiger partial charge in [0.05, 0.1) is 4.88 Å². The highest BCUT2D eigenvalue weighted by Crippen LogP contribution is 2.31. The van der Waals surface area contributed by atoms with E-state index in [0.717, 1.165) is 44.9 Å². The van der Waals surface area contributed by atoms with Crippen molar-refractivity contribution in [2.24, 2.45) is 0 Å². The van der Waals surface area contributed by atoms with Gasteiger partial charge in [0.2, 0.25) is 0 Å². The predicted molar refractivity (Wildman–Crippen MR) is 162 cm³/mol. The molecule has 0 radical (unpaired) electrons. The summed E-state index contributed by atoms with van der Waals surface area (Å²) in [5, 5.41) is 19.5. The van der Waals surface area contributed by atoms with Crippen LogP contribution < -0.4 is 9.64 Å². The van der Waals surface area contributed by atoms with Crippen molar-refractivity contribution < 1.29 is 19.7 Å². The number of phenolic OH excluding ortho intramolecular Hbond substituents is 2. The lowest BCUT2D eigenvalue weighted by Gasteiger charge is -2.26. The number of aromatic hydroxyl groups is 2. The first-order valence-corrected chi connectivity index (χ1v) is 13.7. The fourth-order valence-corrected chi connectivity index (χ4v) is 5.02. The fraction of sp³-hybridized carbons (Fsp3) is 0.0882. The number of anilines is 1. The van der Waals surface area contributed by atoms with Crippen molar-refractivity contribution in [3.63, 3.8) is 0 Å². The van der Waals surface area contributed by atoms with Crippen LogP contribution in [0, 0.1) is 0 Å². The van der Waals surface area contributed by atoms with E-state index >= 15 is 0 Å². The molecule has 1 heterocycles. The van der Waals surface area contributed by atoms with E-state index in [1.54, 1.807) is 24.3 Å². The van der Waals surface area contributed by atoms with Gasteiger partial charge in [0.1, 0.15) is 23.9 Å². The third-order valence-corrected chi connectivity index (χ3v) is 7.39. The van der Waals surface area contributed by atoms with Crippen LogP contribution in [0.25, 0.3) is 12.2 Å². The normalized spacial score (nSPS) is 11.0. The minimum absolute atomic E-state index is 0.229. The molecule has 2 N–H and O–H groups in total. The molecule has 0 saturated heterocycles. The Morgan fingerprint density at radius 3 is 1.90 bits per heavy atom. The molecule has 0 spiro atoms. The minimum Gasteiger partial charge on any atom is -0.508 e. The van der Waals surface area contributed by atoms with E-state index in [2.05, 4.69) is 17.0 Å².